The van der Waals surface area contributed by atoms with Gasteiger partial charge in [-0.1, -0.05) is 0 Å². The number of aromatic amines is 1. The number of nitriles is 1. The van der Waals surface area contributed by atoms with Crippen molar-refractivity contribution in [1.29, 1.82) is 5.26 Å². The quantitative estimate of drug-likeness (QED) is 0.814. The van der Waals surface area contributed by atoms with Gasteiger partial charge in [-0.25, -0.2) is 0 Å². The molecule has 0 aliphatic heterocycles. The van der Waals surface area contributed by atoms with Crippen molar-refractivity contribution in [2.45, 2.75) is 12.8 Å². The maximum absolute atomic E-state index is 11.8. The molecule has 0 aliphatic carbocycles. The fourth-order valence-corrected chi connectivity index (χ4v) is 0.917. The van der Waals surface area contributed by atoms with Crippen LogP contribution in [0.25, 0.3) is 0 Å². The van der Waals surface area contributed by atoms with Gasteiger partial charge in [0.15, 0.2) is 0 Å². The summed E-state index contributed by atoms with van der Waals surface area (Å²) in [6, 6.07) is 2.54. The third-order valence-corrected chi connectivity index (χ3v) is 1.46. The number of alkyl halides is 3. The summed E-state index contributed by atoms with van der Waals surface area (Å²) in [5.74, 6) is -0.549. The Balaban J connectivity index is 2.99. The zero-order valence-electron chi connectivity index (χ0n) is 7.26. The lowest BCUT2D eigenvalue weighted by Gasteiger charge is -2.08. The molecule has 7 heteroatoms. The Morgan fingerprint density at radius 1 is 1.53 bits per heavy atom. The standard InChI is InChI=1S/C8H5F3N2O2/c9-8(10,11)15-6-3-5(1-2-12)7(14)13-4-6/h3-4H,1H2,(H,13,14). The van der Waals surface area contributed by atoms with Crippen molar-refractivity contribution in [1.82, 2.24) is 4.98 Å². The summed E-state index contributed by atoms with van der Waals surface area (Å²) in [7, 11) is 0. The van der Waals surface area contributed by atoms with Crippen molar-refractivity contribution < 1.29 is 17.9 Å². The highest BCUT2D eigenvalue weighted by Gasteiger charge is 2.31. The fraction of sp³-hybridized carbons (Fsp3) is 0.250. The summed E-state index contributed by atoms with van der Waals surface area (Å²) in [6.45, 7) is 0. The van der Waals surface area contributed by atoms with Crippen molar-refractivity contribution in [2.75, 3.05) is 0 Å². The van der Waals surface area contributed by atoms with Gasteiger partial charge in [-0.2, -0.15) is 5.26 Å². The van der Waals surface area contributed by atoms with Crippen LogP contribution in [-0.4, -0.2) is 11.3 Å². The highest BCUT2D eigenvalue weighted by atomic mass is 19.4. The van der Waals surface area contributed by atoms with Gasteiger partial charge >= 0.3 is 6.36 Å². The van der Waals surface area contributed by atoms with Gasteiger partial charge in [0.1, 0.15) is 5.75 Å². The van der Waals surface area contributed by atoms with E-state index in [4.69, 9.17) is 5.26 Å². The third kappa shape index (κ3) is 3.34. The molecule has 0 radical (unpaired) electrons. The average Bonchev–Trinajstić information content (AvgIpc) is 2.09. The zero-order valence-corrected chi connectivity index (χ0v) is 7.26. The number of halogens is 3. The van der Waals surface area contributed by atoms with Crippen LogP contribution >= 0.6 is 0 Å². The van der Waals surface area contributed by atoms with Gasteiger partial charge in [-0.3, -0.25) is 4.79 Å². The highest BCUT2D eigenvalue weighted by Crippen LogP contribution is 2.21. The average molecular weight is 218 g/mol. The van der Waals surface area contributed by atoms with Crippen LogP contribution in [0.2, 0.25) is 0 Å². The molecular weight excluding hydrogens is 213 g/mol. The molecule has 15 heavy (non-hydrogen) atoms. The predicted octanol–water partition coefficient (Wildman–Crippen LogP) is 1.34. The first-order valence-corrected chi connectivity index (χ1v) is 3.76. The molecule has 0 bridgehead atoms. The zero-order chi connectivity index (χ0) is 11.5. The summed E-state index contributed by atoms with van der Waals surface area (Å²) in [4.78, 5) is 13.0. The Hall–Kier alpha value is -1.97. The molecule has 1 rings (SSSR count). The minimum Gasteiger partial charge on any atom is -0.404 e. The molecule has 0 spiro atoms. The lowest BCUT2D eigenvalue weighted by Crippen LogP contribution is -2.19. The molecule has 1 heterocycles. The topological polar surface area (TPSA) is 65.9 Å². The van der Waals surface area contributed by atoms with E-state index in [-0.39, 0.29) is 12.0 Å². The summed E-state index contributed by atoms with van der Waals surface area (Å²) in [6.07, 6.45) is -4.30. The van der Waals surface area contributed by atoms with Gasteiger partial charge in [0.05, 0.1) is 12.5 Å². The van der Waals surface area contributed by atoms with E-state index in [0.29, 0.717) is 0 Å². The van der Waals surface area contributed by atoms with Crippen molar-refractivity contribution in [3.05, 3.63) is 28.2 Å². The van der Waals surface area contributed by atoms with Crippen LogP contribution in [0.4, 0.5) is 13.2 Å². The molecule has 0 unspecified atom stereocenters. The molecule has 0 atom stereocenters. The number of nitrogens with zero attached hydrogens (tertiary/aromatic N) is 1. The fourth-order valence-electron chi connectivity index (χ4n) is 0.917. The van der Waals surface area contributed by atoms with E-state index in [9.17, 15) is 18.0 Å². The van der Waals surface area contributed by atoms with Crippen LogP contribution in [0.15, 0.2) is 17.1 Å². The van der Waals surface area contributed by atoms with Gasteiger partial charge in [0.25, 0.3) is 5.56 Å². The van der Waals surface area contributed by atoms with Crippen LogP contribution in [0.1, 0.15) is 5.56 Å². The number of hydrogen-bond acceptors (Lipinski definition) is 3. The predicted molar refractivity (Wildman–Crippen MR) is 43.1 cm³/mol. The van der Waals surface area contributed by atoms with Gasteiger partial charge in [0.2, 0.25) is 0 Å². The number of aromatic nitrogens is 1. The number of pyridine rings is 1. The maximum Gasteiger partial charge on any atom is 0.573 e. The molecule has 0 amide bonds. The second-order valence-corrected chi connectivity index (χ2v) is 2.57. The Bertz CT molecular complexity index is 444. The molecule has 4 nitrogen and oxygen atoms in total. The number of rotatable bonds is 2. The molecule has 0 aromatic carbocycles. The lowest BCUT2D eigenvalue weighted by atomic mass is 10.2. The summed E-state index contributed by atoms with van der Waals surface area (Å²) < 4.78 is 38.9. The van der Waals surface area contributed by atoms with E-state index in [2.05, 4.69) is 4.74 Å². The van der Waals surface area contributed by atoms with E-state index in [1.165, 1.54) is 0 Å². The summed E-state index contributed by atoms with van der Waals surface area (Å²) in [5.41, 5.74) is -0.676. The van der Waals surface area contributed by atoms with Crippen molar-refractivity contribution in [3.63, 3.8) is 0 Å². The third-order valence-electron chi connectivity index (χ3n) is 1.46. The Morgan fingerprint density at radius 2 is 2.20 bits per heavy atom. The van der Waals surface area contributed by atoms with Crippen LogP contribution in [0.5, 0.6) is 5.75 Å². The van der Waals surface area contributed by atoms with Crippen LogP contribution in [-0.2, 0) is 6.42 Å². The Kier molecular flexibility index (Phi) is 2.99. The highest BCUT2D eigenvalue weighted by molar-refractivity contribution is 5.25. The minimum absolute atomic E-state index is 0.0701. The first kappa shape index (κ1) is 11.1. The van der Waals surface area contributed by atoms with Gasteiger partial charge in [0, 0.05) is 11.8 Å². The molecular formula is C8H5F3N2O2. The largest absolute Gasteiger partial charge is 0.573 e. The van der Waals surface area contributed by atoms with Crippen LogP contribution < -0.4 is 10.3 Å². The lowest BCUT2D eigenvalue weighted by molar-refractivity contribution is -0.274. The Morgan fingerprint density at radius 3 is 2.73 bits per heavy atom. The molecule has 0 saturated carbocycles. The monoisotopic (exact) mass is 218 g/mol. The minimum atomic E-state index is -4.82. The number of hydrogen-bond donors (Lipinski definition) is 1. The molecule has 1 aromatic rings. The van der Waals surface area contributed by atoms with Crippen LogP contribution in [0.3, 0.4) is 0 Å². The second-order valence-electron chi connectivity index (χ2n) is 2.57. The summed E-state index contributed by atoms with van der Waals surface area (Å²) in [5, 5.41) is 8.30. The van der Waals surface area contributed by atoms with Crippen molar-refractivity contribution in [2.24, 2.45) is 0 Å². The molecule has 0 aliphatic rings. The normalized spacial score (nSPS) is 10.8. The first-order chi connectivity index (χ1) is 6.92. The first-order valence-electron chi connectivity index (χ1n) is 3.76. The van der Waals surface area contributed by atoms with E-state index in [1.54, 1.807) is 6.07 Å². The van der Waals surface area contributed by atoms with E-state index in [0.717, 1.165) is 12.3 Å². The van der Waals surface area contributed by atoms with Gasteiger partial charge in [-0.05, 0) is 6.07 Å². The second kappa shape index (κ2) is 4.04. The summed E-state index contributed by atoms with van der Waals surface area (Å²) >= 11 is 0. The van der Waals surface area contributed by atoms with Gasteiger partial charge < -0.3 is 9.72 Å². The van der Waals surface area contributed by atoms with Crippen molar-refractivity contribution in [3.8, 4) is 11.8 Å². The van der Waals surface area contributed by atoms with E-state index in [1.807, 2.05) is 4.98 Å². The number of H-pyrrole nitrogens is 1. The molecule has 1 aromatic heterocycles. The SMILES string of the molecule is N#CCc1cc(OC(F)(F)F)c[nH]c1=O. The molecule has 0 saturated heterocycles. The van der Waals surface area contributed by atoms with E-state index >= 15 is 0 Å². The Labute approximate surface area is 81.9 Å². The number of ether oxygens (including phenoxy) is 1. The van der Waals surface area contributed by atoms with E-state index < -0.39 is 17.7 Å². The smallest absolute Gasteiger partial charge is 0.404 e. The molecule has 1 N–H and O–H groups in total. The van der Waals surface area contributed by atoms with Gasteiger partial charge in [-0.15, -0.1) is 13.2 Å². The van der Waals surface area contributed by atoms with Crippen molar-refractivity contribution >= 4 is 0 Å². The molecule has 80 valence electrons. The maximum atomic E-state index is 11.8. The van der Waals surface area contributed by atoms with Crippen LogP contribution in [0, 0.1) is 11.3 Å². The molecule has 0 fully saturated rings. The number of nitrogens with one attached hydrogen (secondary N) is 1.